The van der Waals surface area contributed by atoms with Gasteiger partial charge in [0.25, 0.3) is 0 Å². The predicted molar refractivity (Wildman–Crippen MR) is 111 cm³/mol. The Morgan fingerprint density at radius 2 is 1.97 bits per heavy atom. The van der Waals surface area contributed by atoms with Crippen molar-refractivity contribution in [2.75, 3.05) is 13.1 Å². The van der Waals surface area contributed by atoms with Crippen LogP contribution >= 0.6 is 0 Å². The minimum absolute atomic E-state index is 0.306. The fraction of sp³-hybridized carbons (Fsp3) is 0.333. The lowest BCUT2D eigenvalue weighted by Gasteiger charge is -2.31. The molecule has 1 fully saturated rings. The van der Waals surface area contributed by atoms with Crippen molar-refractivity contribution < 1.29 is 13.2 Å². The Hall–Kier alpha value is -2.46. The van der Waals surface area contributed by atoms with Crippen molar-refractivity contribution >= 4 is 11.3 Å². The van der Waals surface area contributed by atoms with Gasteiger partial charge in [0.2, 0.25) is 0 Å². The second-order valence-corrected chi connectivity index (χ2v) is 8.22. The van der Waals surface area contributed by atoms with Crippen LogP contribution in [0.1, 0.15) is 35.6 Å². The van der Waals surface area contributed by atoms with Gasteiger partial charge in [-0.05, 0) is 55.1 Å². The number of hydrogen-bond donors (Lipinski definition) is 1. The fourth-order valence-corrected chi connectivity index (χ4v) is 4.16. The van der Waals surface area contributed by atoms with E-state index >= 15 is 0 Å². The van der Waals surface area contributed by atoms with Crippen molar-refractivity contribution in [1.29, 1.82) is 0 Å². The van der Waals surface area contributed by atoms with Crippen LogP contribution in [0.5, 0.6) is 0 Å². The van der Waals surface area contributed by atoms with E-state index in [2.05, 4.69) is 32.1 Å². The highest BCUT2D eigenvalue weighted by Crippen LogP contribution is 2.29. The summed E-state index contributed by atoms with van der Waals surface area (Å²) < 4.78 is 39.2. The molecule has 1 saturated heterocycles. The molecule has 0 spiro atoms. The van der Waals surface area contributed by atoms with Crippen molar-refractivity contribution in [2.45, 2.75) is 31.8 Å². The van der Waals surface area contributed by atoms with Crippen molar-refractivity contribution in [3.05, 3.63) is 77.4 Å². The second-order valence-electron chi connectivity index (χ2n) is 7.46. The third-order valence-electron chi connectivity index (χ3n) is 5.43. The van der Waals surface area contributed by atoms with E-state index in [1.54, 1.807) is 24.4 Å². The van der Waals surface area contributed by atoms with Crippen molar-refractivity contribution in [1.82, 2.24) is 24.6 Å². The van der Waals surface area contributed by atoms with E-state index in [1.165, 1.54) is 16.3 Å². The molecule has 1 atom stereocenters. The van der Waals surface area contributed by atoms with Gasteiger partial charge >= 0.3 is 0 Å². The number of benzene rings is 2. The lowest BCUT2D eigenvalue weighted by molar-refractivity contribution is 0.202. The fourth-order valence-electron chi connectivity index (χ4n) is 3.88. The molecule has 3 aromatic rings. The molecule has 1 aromatic heterocycles. The Morgan fingerprint density at radius 1 is 1.17 bits per heavy atom. The molecule has 0 radical (unpaired) electrons. The van der Waals surface area contributed by atoms with Crippen molar-refractivity contribution in [3.8, 4) is 5.69 Å². The standard InChI is InChI=1S/C21H24FN5O2S/c22-20-6-1-2-7-21(20)27-15-19(24-25-27)14-26-10-8-17(9-11-26)18-5-3-4-16(12-18)13-23-30(28)29/h1-7,12,15,17,23H,8-11,13-14H2,(H,28,29)/p-1. The number of likely N-dealkylation sites (tertiary alicyclic amines) is 1. The quantitative estimate of drug-likeness (QED) is 0.585. The highest BCUT2D eigenvalue weighted by Gasteiger charge is 2.21. The molecular formula is C21H23FN5O2S-. The largest absolute Gasteiger partial charge is 0.760 e. The summed E-state index contributed by atoms with van der Waals surface area (Å²) in [7, 11) is 0. The summed E-state index contributed by atoms with van der Waals surface area (Å²) >= 11 is -2.25. The van der Waals surface area contributed by atoms with E-state index in [1.807, 2.05) is 12.1 Å². The summed E-state index contributed by atoms with van der Waals surface area (Å²) in [5.74, 6) is 0.127. The predicted octanol–water partition coefficient (Wildman–Crippen LogP) is 2.67. The molecule has 30 heavy (non-hydrogen) atoms. The van der Waals surface area contributed by atoms with Crippen LogP contribution in [-0.2, 0) is 24.4 Å². The molecule has 158 valence electrons. The molecule has 9 heteroatoms. The first-order chi connectivity index (χ1) is 14.6. The van der Waals surface area contributed by atoms with E-state index in [-0.39, 0.29) is 5.82 Å². The zero-order valence-electron chi connectivity index (χ0n) is 16.4. The van der Waals surface area contributed by atoms with Crippen LogP contribution in [0.25, 0.3) is 5.69 Å². The minimum atomic E-state index is -2.25. The van der Waals surface area contributed by atoms with Crippen molar-refractivity contribution in [2.24, 2.45) is 0 Å². The van der Waals surface area contributed by atoms with Gasteiger partial charge in [-0.15, -0.1) is 5.10 Å². The highest BCUT2D eigenvalue weighted by atomic mass is 32.2. The van der Waals surface area contributed by atoms with E-state index < -0.39 is 11.3 Å². The zero-order valence-corrected chi connectivity index (χ0v) is 17.2. The lowest BCUT2D eigenvalue weighted by atomic mass is 9.88. The van der Waals surface area contributed by atoms with E-state index in [0.29, 0.717) is 24.7 Å². The van der Waals surface area contributed by atoms with Crippen LogP contribution in [0.15, 0.2) is 54.7 Å². The summed E-state index contributed by atoms with van der Waals surface area (Å²) in [5, 5.41) is 8.26. The molecule has 7 nitrogen and oxygen atoms in total. The van der Waals surface area contributed by atoms with Crippen molar-refractivity contribution in [3.63, 3.8) is 0 Å². The molecule has 2 aromatic carbocycles. The number of para-hydroxylation sites is 1. The Morgan fingerprint density at radius 3 is 2.73 bits per heavy atom. The average Bonchev–Trinajstić information content (AvgIpc) is 3.21. The summed E-state index contributed by atoms with van der Waals surface area (Å²) in [6.07, 6.45) is 3.82. The number of nitrogens with zero attached hydrogens (tertiary/aromatic N) is 4. The van der Waals surface area contributed by atoms with E-state index in [9.17, 15) is 13.2 Å². The monoisotopic (exact) mass is 428 g/mol. The Balaban J connectivity index is 1.33. The number of nitrogens with one attached hydrogen (secondary N) is 1. The van der Waals surface area contributed by atoms with Gasteiger partial charge in [-0.3, -0.25) is 9.11 Å². The maximum atomic E-state index is 13.9. The van der Waals surface area contributed by atoms with Gasteiger partial charge in [-0.1, -0.05) is 41.6 Å². The van der Waals surface area contributed by atoms with Crippen LogP contribution in [0.3, 0.4) is 0 Å². The highest BCUT2D eigenvalue weighted by molar-refractivity contribution is 7.77. The Bertz CT molecular complexity index is 1020. The molecule has 2 heterocycles. The molecule has 1 aliphatic rings. The molecule has 0 amide bonds. The van der Waals surface area contributed by atoms with Crippen LogP contribution in [0.4, 0.5) is 4.39 Å². The summed E-state index contributed by atoms with van der Waals surface area (Å²) in [6.45, 7) is 2.86. The lowest BCUT2D eigenvalue weighted by Crippen LogP contribution is -2.32. The summed E-state index contributed by atoms with van der Waals surface area (Å²) in [6, 6.07) is 14.6. The summed E-state index contributed by atoms with van der Waals surface area (Å²) in [4.78, 5) is 2.33. The Kier molecular flexibility index (Phi) is 6.63. The molecule has 1 aliphatic heterocycles. The molecular weight excluding hydrogens is 405 g/mol. The topological polar surface area (TPSA) is 86.1 Å². The van der Waals surface area contributed by atoms with Gasteiger partial charge < -0.3 is 4.55 Å². The molecule has 0 bridgehead atoms. The number of piperidine rings is 1. The average molecular weight is 429 g/mol. The second kappa shape index (κ2) is 9.57. The Labute approximate surface area is 177 Å². The molecule has 4 rings (SSSR count). The molecule has 0 aliphatic carbocycles. The van der Waals surface area contributed by atoms with E-state index in [4.69, 9.17) is 0 Å². The maximum Gasteiger partial charge on any atom is 0.148 e. The van der Waals surface area contributed by atoms with Gasteiger partial charge in [0.15, 0.2) is 0 Å². The molecule has 0 saturated carbocycles. The van der Waals surface area contributed by atoms with Crippen LogP contribution in [-0.4, -0.2) is 41.7 Å². The zero-order chi connectivity index (χ0) is 20.9. The minimum Gasteiger partial charge on any atom is -0.760 e. The number of halogens is 1. The van der Waals surface area contributed by atoms with Crippen LogP contribution in [0, 0.1) is 5.82 Å². The summed E-state index contributed by atoms with van der Waals surface area (Å²) in [5.41, 5.74) is 3.42. The third kappa shape index (κ3) is 5.17. The first-order valence-corrected chi connectivity index (χ1v) is 11.0. The number of hydrogen-bond acceptors (Lipinski definition) is 5. The smallest absolute Gasteiger partial charge is 0.148 e. The molecule has 1 N–H and O–H groups in total. The number of aromatic nitrogens is 3. The number of rotatable bonds is 7. The van der Waals surface area contributed by atoms with Crippen LogP contribution in [0.2, 0.25) is 0 Å². The van der Waals surface area contributed by atoms with Gasteiger partial charge in [-0.2, -0.15) is 0 Å². The van der Waals surface area contributed by atoms with Gasteiger partial charge in [0, 0.05) is 24.4 Å². The maximum absolute atomic E-state index is 13.9. The first-order valence-electron chi connectivity index (χ1n) is 9.88. The normalized spacial score (nSPS) is 16.6. The molecule has 1 unspecified atom stereocenters. The van der Waals surface area contributed by atoms with Gasteiger partial charge in [0.05, 0.1) is 11.9 Å². The van der Waals surface area contributed by atoms with E-state index in [0.717, 1.165) is 37.2 Å². The first kappa shape index (κ1) is 20.8. The van der Waals surface area contributed by atoms with Crippen LogP contribution < -0.4 is 4.72 Å². The van der Waals surface area contributed by atoms with Gasteiger partial charge in [-0.25, -0.2) is 13.8 Å². The van der Waals surface area contributed by atoms with Gasteiger partial charge in [0.1, 0.15) is 11.5 Å². The SMILES string of the molecule is O=S([O-])NCc1cccc(C2CCN(Cc3cn(-c4ccccc4F)nn3)CC2)c1. The third-order valence-corrected chi connectivity index (χ3v) is 5.81.